The van der Waals surface area contributed by atoms with Crippen molar-refractivity contribution < 1.29 is 22.0 Å². The van der Waals surface area contributed by atoms with E-state index >= 15 is 0 Å². The van der Waals surface area contributed by atoms with Crippen LogP contribution < -0.4 is 0 Å². The lowest BCUT2D eigenvalue weighted by atomic mass is 10.1. The highest BCUT2D eigenvalue weighted by molar-refractivity contribution is 5.18. The summed E-state index contributed by atoms with van der Waals surface area (Å²) in [5, 5.41) is 0. The molecule has 0 N–H and O–H groups in total. The topological polar surface area (TPSA) is 0 Å². The summed E-state index contributed by atoms with van der Waals surface area (Å²) >= 11 is 0. The number of alkyl halides is 5. The zero-order valence-electron chi connectivity index (χ0n) is 8.59. The third-order valence-electron chi connectivity index (χ3n) is 1.67. The summed E-state index contributed by atoms with van der Waals surface area (Å²) in [7, 11) is 0. The lowest BCUT2D eigenvalue weighted by Crippen LogP contribution is -2.36. The molecular formula is C10H13F5. The Labute approximate surface area is 85.5 Å². The first kappa shape index (κ1) is 14.1. The quantitative estimate of drug-likeness (QED) is 0.491. The van der Waals surface area contributed by atoms with Gasteiger partial charge in [-0.3, -0.25) is 0 Å². The Bertz CT molecular complexity index is 255. The number of allylic oxidation sites excluding steroid dienone is 3. The van der Waals surface area contributed by atoms with E-state index in [9.17, 15) is 22.0 Å². The molecule has 0 unspecified atom stereocenters. The van der Waals surface area contributed by atoms with Gasteiger partial charge in [-0.05, 0) is 20.3 Å². The third kappa shape index (κ3) is 4.95. The van der Waals surface area contributed by atoms with Crippen LogP contribution in [0.15, 0.2) is 23.8 Å². The lowest BCUT2D eigenvalue weighted by molar-refractivity contribution is -0.284. The highest BCUT2D eigenvalue weighted by atomic mass is 19.4. The first-order valence-electron chi connectivity index (χ1n) is 4.33. The van der Waals surface area contributed by atoms with Crippen molar-refractivity contribution in [1.29, 1.82) is 0 Å². The molecule has 5 heteroatoms. The van der Waals surface area contributed by atoms with Crippen LogP contribution >= 0.6 is 0 Å². The fourth-order valence-corrected chi connectivity index (χ4v) is 0.940. The van der Waals surface area contributed by atoms with Gasteiger partial charge in [0.2, 0.25) is 0 Å². The number of rotatable bonds is 4. The molecule has 0 rings (SSSR count). The van der Waals surface area contributed by atoms with Crippen LogP contribution in [0.25, 0.3) is 0 Å². The molecule has 0 amide bonds. The number of hydrogen-bond donors (Lipinski definition) is 0. The maximum Gasteiger partial charge on any atom is 0.453 e. The van der Waals surface area contributed by atoms with Gasteiger partial charge < -0.3 is 0 Å². The van der Waals surface area contributed by atoms with E-state index in [-0.39, 0.29) is 12.0 Å². The summed E-state index contributed by atoms with van der Waals surface area (Å²) in [5.41, 5.74) is 1.09. The molecule has 0 saturated carbocycles. The Morgan fingerprint density at radius 2 is 1.60 bits per heavy atom. The smallest absolute Gasteiger partial charge is 0.196 e. The first-order valence-corrected chi connectivity index (χ1v) is 4.33. The predicted molar refractivity (Wildman–Crippen MR) is 48.8 cm³/mol. The molecule has 0 aliphatic carbocycles. The van der Waals surface area contributed by atoms with Gasteiger partial charge in [-0.25, -0.2) is 0 Å². The van der Waals surface area contributed by atoms with Crippen LogP contribution in [-0.4, -0.2) is 12.1 Å². The Morgan fingerprint density at radius 1 is 1.13 bits per heavy atom. The van der Waals surface area contributed by atoms with Gasteiger partial charge in [0.25, 0.3) is 0 Å². The first-order chi connectivity index (χ1) is 6.56. The van der Waals surface area contributed by atoms with Gasteiger partial charge in [0, 0.05) is 6.42 Å². The van der Waals surface area contributed by atoms with E-state index in [1.54, 1.807) is 13.8 Å². The van der Waals surface area contributed by atoms with E-state index in [1.807, 2.05) is 0 Å². The maximum absolute atomic E-state index is 12.4. The third-order valence-corrected chi connectivity index (χ3v) is 1.67. The van der Waals surface area contributed by atoms with Crippen LogP contribution in [0.3, 0.4) is 0 Å². The van der Waals surface area contributed by atoms with Crippen molar-refractivity contribution in [3.05, 3.63) is 23.8 Å². The van der Waals surface area contributed by atoms with Gasteiger partial charge >= 0.3 is 12.1 Å². The van der Waals surface area contributed by atoms with Crippen molar-refractivity contribution in [2.45, 2.75) is 38.8 Å². The second-order valence-electron chi connectivity index (χ2n) is 3.58. The number of hydrogen-bond acceptors (Lipinski definition) is 0. The highest BCUT2D eigenvalue weighted by Crippen LogP contribution is 2.39. The SMILES string of the molecule is C=C(C=C(C)C)CCC(F)(F)C(F)(F)F. The van der Waals surface area contributed by atoms with Crippen LogP contribution in [0.1, 0.15) is 26.7 Å². The molecule has 15 heavy (non-hydrogen) atoms. The molecule has 0 atom stereocenters. The van der Waals surface area contributed by atoms with Crippen LogP contribution in [0.2, 0.25) is 0 Å². The molecule has 0 aliphatic heterocycles. The summed E-state index contributed by atoms with van der Waals surface area (Å²) in [6.45, 7) is 6.83. The van der Waals surface area contributed by atoms with Crippen molar-refractivity contribution in [3.8, 4) is 0 Å². The van der Waals surface area contributed by atoms with Crippen LogP contribution in [0, 0.1) is 0 Å². The summed E-state index contributed by atoms with van der Waals surface area (Å²) in [4.78, 5) is 0. The molecule has 0 aromatic heterocycles. The Morgan fingerprint density at radius 3 is 1.93 bits per heavy atom. The predicted octanol–water partition coefficient (Wildman–Crippen LogP) is 4.49. The minimum Gasteiger partial charge on any atom is -0.196 e. The maximum atomic E-state index is 12.4. The molecule has 0 fully saturated rings. The molecule has 0 heterocycles. The molecule has 88 valence electrons. The molecule has 0 aromatic rings. The van der Waals surface area contributed by atoms with E-state index in [1.165, 1.54) is 6.08 Å². The van der Waals surface area contributed by atoms with Gasteiger partial charge in [0.05, 0.1) is 0 Å². The van der Waals surface area contributed by atoms with Crippen molar-refractivity contribution in [2.24, 2.45) is 0 Å². The molecule has 0 nitrogen and oxygen atoms in total. The van der Waals surface area contributed by atoms with Gasteiger partial charge in [-0.15, -0.1) is 0 Å². The summed E-state index contributed by atoms with van der Waals surface area (Å²) in [6, 6.07) is 0. The normalized spacial score (nSPS) is 12.5. The fraction of sp³-hybridized carbons (Fsp3) is 0.600. The van der Waals surface area contributed by atoms with Gasteiger partial charge in [-0.1, -0.05) is 23.8 Å². The molecule has 0 bridgehead atoms. The van der Waals surface area contributed by atoms with Crippen molar-refractivity contribution >= 4 is 0 Å². The Hall–Kier alpha value is -0.870. The fourth-order valence-electron chi connectivity index (χ4n) is 0.940. The van der Waals surface area contributed by atoms with Gasteiger partial charge in [0.1, 0.15) is 0 Å². The summed E-state index contributed by atoms with van der Waals surface area (Å²) in [5.74, 6) is -4.63. The average molecular weight is 228 g/mol. The van der Waals surface area contributed by atoms with E-state index in [0.717, 1.165) is 5.57 Å². The molecule has 0 radical (unpaired) electrons. The van der Waals surface area contributed by atoms with E-state index < -0.39 is 18.5 Å². The minimum absolute atomic E-state index is 0.277. The monoisotopic (exact) mass is 228 g/mol. The molecule has 0 saturated heterocycles. The van der Waals surface area contributed by atoms with Gasteiger partial charge in [-0.2, -0.15) is 22.0 Å². The van der Waals surface area contributed by atoms with Crippen LogP contribution in [0.5, 0.6) is 0 Å². The van der Waals surface area contributed by atoms with E-state index in [4.69, 9.17) is 0 Å². The van der Waals surface area contributed by atoms with Gasteiger partial charge in [0.15, 0.2) is 0 Å². The van der Waals surface area contributed by atoms with Crippen molar-refractivity contribution in [2.75, 3.05) is 0 Å². The molecule has 0 aliphatic rings. The lowest BCUT2D eigenvalue weighted by Gasteiger charge is -2.19. The number of halogens is 5. The highest BCUT2D eigenvalue weighted by Gasteiger charge is 2.56. The van der Waals surface area contributed by atoms with Crippen molar-refractivity contribution in [3.63, 3.8) is 0 Å². The minimum atomic E-state index is -5.47. The Kier molecular flexibility index (Phi) is 4.49. The second-order valence-corrected chi connectivity index (χ2v) is 3.58. The Balaban J connectivity index is 4.29. The zero-order valence-corrected chi connectivity index (χ0v) is 8.59. The second kappa shape index (κ2) is 4.77. The van der Waals surface area contributed by atoms with Crippen molar-refractivity contribution in [1.82, 2.24) is 0 Å². The van der Waals surface area contributed by atoms with E-state index in [2.05, 4.69) is 6.58 Å². The molecule has 0 spiro atoms. The van der Waals surface area contributed by atoms with Crippen LogP contribution in [-0.2, 0) is 0 Å². The zero-order chi connectivity index (χ0) is 12.3. The molecule has 0 aromatic carbocycles. The standard InChI is InChI=1S/C10H13F5/c1-7(2)6-8(3)4-5-9(11,12)10(13,14)15/h6H,3-5H2,1-2H3. The van der Waals surface area contributed by atoms with Crippen LogP contribution in [0.4, 0.5) is 22.0 Å². The largest absolute Gasteiger partial charge is 0.453 e. The molecular weight excluding hydrogens is 215 g/mol. The summed E-state index contributed by atoms with van der Waals surface area (Å²) in [6.07, 6.45) is -5.60. The average Bonchev–Trinajstić information content (AvgIpc) is 1.97. The summed E-state index contributed by atoms with van der Waals surface area (Å²) < 4.78 is 60.1. The van der Waals surface area contributed by atoms with E-state index in [0.29, 0.717) is 0 Å².